The molecular formula is C58H115ClN2O5. The van der Waals surface area contributed by atoms with E-state index in [4.69, 9.17) is 9.47 Å². The van der Waals surface area contributed by atoms with Crippen LogP contribution >= 0.6 is 12.4 Å². The molecule has 66 heavy (non-hydrogen) atoms. The minimum atomic E-state index is 0. The van der Waals surface area contributed by atoms with E-state index in [9.17, 15) is 14.4 Å². The molecule has 0 saturated carbocycles. The predicted octanol–water partition coefficient (Wildman–Crippen LogP) is 17.9. The van der Waals surface area contributed by atoms with Crippen LogP contribution in [0.25, 0.3) is 0 Å². The zero-order valence-corrected chi connectivity index (χ0v) is 46.2. The molecule has 7 nitrogen and oxygen atoms in total. The van der Waals surface area contributed by atoms with Crippen molar-refractivity contribution in [3.8, 4) is 0 Å². The molecule has 394 valence electrons. The Labute approximate surface area is 418 Å². The van der Waals surface area contributed by atoms with Crippen molar-refractivity contribution in [2.45, 2.75) is 329 Å². The van der Waals surface area contributed by atoms with Gasteiger partial charge in [-0.25, -0.2) is 0 Å². The fraction of sp³-hybridized carbons (Fsp3) is 0.948. The van der Waals surface area contributed by atoms with Gasteiger partial charge in [-0.05, 0) is 111 Å². The molecule has 0 atom stereocenters. The summed E-state index contributed by atoms with van der Waals surface area (Å²) in [5, 5.41) is 0. The van der Waals surface area contributed by atoms with Crippen molar-refractivity contribution < 1.29 is 23.9 Å². The zero-order chi connectivity index (χ0) is 47.9. The molecule has 8 heteroatoms. The molecule has 0 heterocycles. The van der Waals surface area contributed by atoms with Gasteiger partial charge in [0.25, 0.3) is 0 Å². The Morgan fingerprint density at radius 1 is 0.348 bits per heavy atom. The lowest BCUT2D eigenvalue weighted by molar-refractivity contribution is -0.151. The minimum Gasteiger partial charge on any atom is -0.462 e. The standard InChI is InChI=1S/C58H114N2O5.ClH/c1-8-13-18-27-38-48-56(61)60(52-41-51-59(6)7)53(42-32-28-23-25-30-39-49-57(62)64-54(44-34-19-14-9-2)45-35-20-15-10-3)43-33-29-24-26-31-40-50-58(63)65-55(46-36-21-16-11-4)47-37-22-17-12-5;/h53-55H,8-52H2,1-7H3;1H. The Hall–Kier alpha value is -1.34. The summed E-state index contributed by atoms with van der Waals surface area (Å²) >= 11 is 0. The fourth-order valence-electron chi connectivity index (χ4n) is 9.47. The minimum absolute atomic E-state index is 0. The molecule has 0 aliphatic rings. The van der Waals surface area contributed by atoms with Crippen molar-refractivity contribution in [1.29, 1.82) is 0 Å². The van der Waals surface area contributed by atoms with Crippen LogP contribution in [-0.4, -0.2) is 73.1 Å². The summed E-state index contributed by atoms with van der Waals surface area (Å²) in [5.41, 5.74) is 0. The Bertz CT molecular complexity index is 961. The fourth-order valence-corrected chi connectivity index (χ4v) is 9.47. The molecule has 0 rings (SSSR count). The quantitative estimate of drug-likeness (QED) is 0.0447. The molecule has 0 N–H and O–H groups in total. The van der Waals surface area contributed by atoms with Gasteiger partial charge < -0.3 is 19.3 Å². The lowest BCUT2D eigenvalue weighted by atomic mass is 9.97. The maximum Gasteiger partial charge on any atom is 0.306 e. The summed E-state index contributed by atoms with van der Waals surface area (Å²) in [6.07, 6.45) is 48.3. The molecule has 0 aromatic carbocycles. The maximum atomic E-state index is 13.9. The number of ether oxygens (including phenoxy) is 2. The molecule has 0 bridgehead atoms. The first-order valence-electron chi connectivity index (χ1n) is 29.0. The highest BCUT2D eigenvalue weighted by Gasteiger charge is 2.23. The number of amides is 1. The maximum absolute atomic E-state index is 13.9. The largest absolute Gasteiger partial charge is 0.462 e. The molecule has 0 saturated heterocycles. The van der Waals surface area contributed by atoms with E-state index < -0.39 is 0 Å². The van der Waals surface area contributed by atoms with Crippen molar-refractivity contribution in [2.75, 3.05) is 27.2 Å². The van der Waals surface area contributed by atoms with Gasteiger partial charge in [-0.15, -0.1) is 12.4 Å². The normalized spacial score (nSPS) is 11.6. The highest BCUT2D eigenvalue weighted by Crippen LogP contribution is 2.23. The first-order chi connectivity index (χ1) is 31.7. The van der Waals surface area contributed by atoms with Crippen LogP contribution in [0.5, 0.6) is 0 Å². The van der Waals surface area contributed by atoms with E-state index in [0.29, 0.717) is 31.2 Å². The number of rotatable bonds is 51. The first kappa shape index (κ1) is 66.7. The first-order valence-corrected chi connectivity index (χ1v) is 29.0. The van der Waals surface area contributed by atoms with Gasteiger partial charge >= 0.3 is 11.9 Å². The van der Waals surface area contributed by atoms with Crippen LogP contribution in [-0.2, 0) is 23.9 Å². The summed E-state index contributed by atoms with van der Waals surface area (Å²) in [7, 11) is 4.26. The van der Waals surface area contributed by atoms with Gasteiger partial charge in [0.2, 0.25) is 5.91 Å². The van der Waals surface area contributed by atoms with Gasteiger partial charge in [-0.1, -0.05) is 202 Å². The SMILES string of the molecule is CCCCCCCC(=O)N(CCCN(C)C)C(CCCCCCCCC(=O)OC(CCCCCC)CCCCCC)CCCCCCCCC(=O)OC(CCCCCC)CCCCCC.Cl. The molecule has 0 fully saturated rings. The molecule has 0 aliphatic heterocycles. The molecule has 0 aromatic heterocycles. The lowest BCUT2D eigenvalue weighted by Crippen LogP contribution is -2.41. The van der Waals surface area contributed by atoms with Crippen molar-refractivity contribution >= 4 is 30.3 Å². The van der Waals surface area contributed by atoms with Gasteiger partial charge in [0.1, 0.15) is 12.2 Å². The van der Waals surface area contributed by atoms with Crippen LogP contribution in [0.4, 0.5) is 0 Å². The number of nitrogens with zero attached hydrogens (tertiary/aromatic N) is 2. The Morgan fingerprint density at radius 2 is 0.636 bits per heavy atom. The lowest BCUT2D eigenvalue weighted by Gasteiger charge is -2.33. The van der Waals surface area contributed by atoms with E-state index in [2.05, 4.69) is 58.5 Å². The summed E-state index contributed by atoms with van der Waals surface area (Å²) < 4.78 is 12.1. The van der Waals surface area contributed by atoms with Gasteiger partial charge in [-0.2, -0.15) is 0 Å². The highest BCUT2D eigenvalue weighted by molar-refractivity contribution is 5.85. The van der Waals surface area contributed by atoms with E-state index in [1.165, 1.54) is 148 Å². The molecule has 0 aromatic rings. The molecule has 0 aliphatic carbocycles. The summed E-state index contributed by atoms with van der Waals surface area (Å²) in [5.74, 6) is 0.397. The summed E-state index contributed by atoms with van der Waals surface area (Å²) in [6.45, 7) is 13.1. The van der Waals surface area contributed by atoms with Crippen LogP contribution in [0.3, 0.4) is 0 Å². The third-order valence-corrected chi connectivity index (χ3v) is 13.7. The van der Waals surface area contributed by atoms with Crippen LogP contribution in [0.15, 0.2) is 0 Å². The predicted molar refractivity (Wildman–Crippen MR) is 288 cm³/mol. The summed E-state index contributed by atoms with van der Waals surface area (Å²) in [4.78, 5) is 44.1. The average molecular weight is 956 g/mol. The molecule has 1 amide bonds. The molecule has 0 unspecified atom stereocenters. The van der Waals surface area contributed by atoms with Crippen LogP contribution in [0.1, 0.15) is 311 Å². The number of halogens is 1. The van der Waals surface area contributed by atoms with E-state index in [1.807, 2.05) is 0 Å². The third-order valence-electron chi connectivity index (χ3n) is 13.7. The monoisotopic (exact) mass is 955 g/mol. The van der Waals surface area contributed by atoms with Crippen LogP contribution in [0, 0.1) is 0 Å². The average Bonchev–Trinajstić information content (AvgIpc) is 3.28. The number of hydrogen-bond acceptors (Lipinski definition) is 6. The smallest absolute Gasteiger partial charge is 0.306 e. The topological polar surface area (TPSA) is 76.2 Å². The number of hydrogen-bond donors (Lipinski definition) is 0. The van der Waals surface area contributed by atoms with E-state index in [0.717, 1.165) is 122 Å². The van der Waals surface area contributed by atoms with E-state index >= 15 is 0 Å². The second-order valence-corrected chi connectivity index (χ2v) is 20.5. The van der Waals surface area contributed by atoms with Crippen LogP contribution < -0.4 is 0 Å². The van der Waals surface area contributed by atoms with Crippen molar-refractivity contribution in [2.24, 2.45) is 0 Å². The van der Waals surface area contributed by atoms with Crippen molar-refractivity contribution in [3.63, 3.8) is 0 Å². The second-order valence-electron chi connectivity index (χ2n) is 20.5. The molecule has 0 radical (unpaired) electrons. The van der Waals surface area contributed by atoms with Gasteiger partial charge in [-0.3, -0.25) is 14.4 Å². The Morgan fingerprint density at radius 3 is 0.985 bits per heavy atom. The number of esters is 2. The van der Waals surface area contributed by atoms with Crippen LogP contribution in [0.2, 0.25) is 0 Å². The second kappa shape index (κ2) is 51.5. The number of carbonyl (C=O) groups is 3. The number of unbranched alkanes of at least 4 members (excludes halogenated alkanes) is 26. The van der Waals surface area contributed by atoms with Gasteiger partial charge in [0.15, 0.2) is 0 Å². The van der Waals surface area contributed by atoms with Crippen molar-refractivity contribution in [1.82, 2.24) is 9.80 Å². The van der Waals surface area contributed by atoms with Gasteiger partial charge in [0, 0.05) is 31.8 Å². The van der Waals surface area contributed by atoms with Crippen molar-refractivity contribution in [3.05, 3.63) is 0 Å². The Balaban J connectivity index is 0. The van der Waals surface area contributed by atoms with E-state index in [1.54, 1.807) is 0 Å². The van der Waals surface area contributed by atoms with E-state index in [-0.39, 0.29) is 36.6 Å². The van der Waals surface area contributed by atoms with Gasteiger partial charge in [0.05, 0.1) is 0 Å². The molecular weight excluding hydrogens is 840 g/mol. The number of carbonyl (C=O) groups excluding carboxylic acids is 3. The highest BCUT2D eigenvalue weighted by atomic mass is 35.5. The Kier molecular flexibility index (Phi) is 52.1. The third kappa shape index (κ3) is 43.9. The summed E-state index contributed by atoms with van der Waals surface area (Å²) in [6, 6.07) is 0.318. The molecule has 0 spiro atoms. The zero-order valence-electron chi connectivity index (χ0n) is 45.4.